The van der Waals surface area contributed by atoms with Crippen LogP contribution in [-0.4, -0.2) is 18.5 Å². The van der Waals surface area contributed by atoms with Gasteiger partial charge in [0, 0.05) is 24.7 Å². The van der Waals surface area contributed by atoms with E-state index >= 15 is 0 Å². The SMILES string of the molecule is Cc1ccc(C)c(C(CN)N(C)Cc2ccccc2F)c1. The van der Waals surface area contributed by atoms with Crippen molar-refractivity contribution in [3.05, 3.63) is 70.5 Å². The van der Waals surface area contributed by atoms with Crippen LogP contribution in [0.15, 0.2) is 42.5 Å². The van der Waals surface area contributed by atoms with Crippen molar-refractivity contribution in [1.82, 2.24) is 4.90 Å². The lowest BCUT2D eigenvalue weighted by Crippen LogP contribution is -2.31. The van der Waals surface area contributed by atoms with Gasteiger partial charge in [-0.05, 0) is 38.1 Å². The Bertz CT molecular complexity index is 610. The van der Waals surface area contributed by atoms with Gasteiger partial charge < -0.3 is 5.73 Å². The average Bonchev–Trinajstić information content (AvgIpc) is 2.46. The Kier molecular flexibility index (Phi) is 5.10. The van der Waals surface area contributed by atoms with Gasteiger partial charge in [-0.25, -0.2) is 4.39 Å². The molecule has 2 N–H and O–H groups in total. The lowest BCUT2D eigenvalue weighted by atomic mass is 9.97. The molecule has 0 spiro atoms. The predicted octanol–water partition coefficient (Wildman–Crippen LogP) is 3.57. The van der Waals surface area contributed by atoms with Gasteiger partial charge in [0.05, 0.1) is 0 Å². The molecule has 0 aliphatic carbocycles. The van der Waals surface area contributed by atoms with Crippen LogP contribution in [0.25, 0.3) is 0 Å². The fourth-order valence-electron chi connectivity index (χ4n) is 2.67. The second-order valence-electron chi connectivity index (χ2n) is 5.62. The number of hydrogen-bond donors (Lipinski definition) is 1. The van der Waals surface area contributed by atoms with Crippen LogP contribution in [0.5, 0.6) is 0 Å². The van der Waals surface area contributed by atoms with E-state index in [-0.39, 0.29) is 11.9 Å². The van der Waals surface area contributed by atoms with Crippen LogP contribution in [0.4, 0.5) is 4.39 Å². The molecule has 112 valence electrons. The molecule has 0 bridgehead atoms. The minimum absolute atomic E-state index is 0.0875. The fourth-order valence-corrected chi connectivity index (χ4v) is 2.67. The number of likely N-dealkylation sites (N-methyl/N-ethyl adjacent to an activating group) is 1. The summed E-state index contributed by atoms with van der Waals surface area (Å²) in [6.07, 6.45) is 0. The lowest BCUT2D eigenvalue weighted by molar-refractivity contribution is 0.238. The number of benzene rings is 2. The Labute approximate surface area is 126 Å². The first kappa shape index (κ1) is 15.7. The maximum Gasteiger partial charge on any atom is 0.127 e. The topological polar surface area (TPSA) is 29.3 Å². The number of nitrogens with two attached hydrogens (primary N) is 1. The summed E-state index contributed by atoms with van der Waals surface area (Å²) in [6, 6.07) is 13.4. The number of aryl methyl sites for hydroxylation is 2. The van der Waals surface area contributed by atoms with E-state index < -0.39 is 0 Å². The molecule has 1 atom stereocenters. The van der Waals surface area contributed by atoms with E-state index in [1.807, 2.05) is 19.2 Å². The highest BCUT2D eigenvalue weighted by Crippen LogP contribution is 2.25. The number of rotatable bonds is 5. The van der Waals surface area contributed by atoms with E-state index in [2.05, 4.69) is 36.9 Å². The predicted molar refractivity (Wildman–Crippen MR) is 85.6 cm³/mol. The fraction of sp³-hybridized carbons (Fsp3) is 0.333. The lowest BCUT2D eigenvalue weighted by Gasteiger charge is -2.29. The third-order valence-electron chi connectivity index (χ3n) is 3.93. The molecule has 2 rings (SSSR count). The second kappa shape index (κ2) is 6.83. The molecule has 2 nitrogen and oxygen atoms in total. The van der Waals surface area contributed by atoms with Crippen molar-refractivity contribution in [2.24, 2.45) is 5.73 Å². The molecule has 0 amide bonds. The second-order valence-corrected chi connectivity index (χ2v) is 5.62. The monoisotopic (exact) mass is 286 g/mol. The van der Waals surface area contributed by atoms with Crippen molar-refractivity contribution in [3.63, 3.8) is 0 Å². The molecule has 0 aliphatic rings. The molecule has 0 saturated heterocycles. The van der Waals surface area contributed by atoms with Gasteiger partial charge in [0.1, 0.15) is 5.82 Å². The molecule has 21 heavy (non-hydrogen) atoms. The minimum atomic E-state index is -0.166. The van der Waals surface area contributed by atoms with Crippen molar-refractivity contribution < 1.29 is 4.39 Å². The molecule has 0 aliphatic heterocycles. The van der Waals surface area contributed by atoms with Crippen molar-refractivity contribution in [3.8, 4) is 0 Å². The average molecular weight is 286 g/mol. The largest absolute Gasteiger partial charge is 0.329 e. The summed E-state index contributed by atoms with van der Waals surface area (Å²) in [6.45, 7) is 5.22. The summed E-state index contributed by atoms with van der Waals surface area (Å²) in [4.78, 5) is 2.11. The van der Waals surface area contributed by atoms with E-state index in [1.165, 1.54) is 22.8 Å². The van der Waals surface area contributed by atoms with Gasteiger partial charge in [0.2, 0.25) is 0 Å². The molecule has 0 heterocycles. The molecule has 2 aromatic rings. The Hall–Kier alpha value is -1.71. The molecule has 2 aromatic carbocycles. The molecular weight excluding hydrogens is 263 g/mol. The van der Waals surface area contributed by atoms with Gasteiger partial charge in [-0.3, -0.25) is 4.90 Å². The van der Waals surface area contributed by atoms with Gasteiger partial charge >= 0.3 is 0 Å². The summed E-state index contributed by atoms with van der Waals surface area (Å²) in [5.41, 5.74) is 10.3. The van der Waals surface area contributed by atoms with Crippen molar-refractivity contribution >= 4 is 0 Å². The Morgan fingerprint density at radius 2 is 1.86 bits per heavy atom. The van der Waals surface area contributed by atoms with Gasteiger partial charge in [-0.1, -0.05) is 42.0 Å². The summed E-state index contributed by atoms with van der Waals surface area (Å²) in [7, 11) is 1.99. The van der Waals surface area contributed by atoms with Gasteiger partial charge in [-0.2, -0.15) is 0 Å². The summed E-state index contributed by atoms with van der Waals surface area (Å²) in [5, 5.41) is 0. The Morgan fingerprint density at radius 3 is 2.52 bits per heavy atom. The summed E-state index contributed by atoms with van der Waals surface area (Å²) >= 11 is 0. The first-order valence-electron chi connectivity index (χ1n) is 7.23. The van der Waals surface area contributed by atoms with E-state index in [0.29, 0.717) is 18.7 Å². The van der Waals surface area contributed by atoms with Gasteiger partial charge in [-0.15, -0.1) is 0 Å². The zero-order valence-electron chi connectivity index (χ0n) is 12.9. The van der Waals surface area contributed by atoms with Crippen LogP contribution >= 0.6 is 0 Å². The smallest absolute Gasteiger partial charge is 0.127 e. The number of nitrogens with zero attached hydrogens (tertiary/aromatic N) is 1. The van der Waals surface area contributed by atoms with Crippen molar-refractivity contribution in [1.29, 1.82) is 0 Å². The van der Waals surface area contributed by atoms with Crippen molar-refractivity contribution in [2.45, 2.75) is 26.4 Å². The Morgan fingerprint density at radius 1 is 1.14 bits per heavy atom. The molecular formula is C18H23FN2. The Balaban J connectivity index is 2.25. The standard InChI is InChI=1S/C18H23FN2/c1-13-8-9-14(2)16(10-13)18(11-20)21(3)12-15-6-4-5-7-17(15)19/h4-10,18H,11-12,20H2,1-3H3. The summed E-state index contributed by atoms with van der Waals surface area (Å²) in [5.74, 6) is -0.166. The highest BCUT2D eigenvalue weighted by molar-refractivity contribution is 5.33. The van der Waals surface area contributed by atoms with Gasteiger partial charge in [0.25, 0.3) is 0 Å². The van der Waals surface area contributed by atoms with E-state index in [0.717, 1.165) is 0 Å². The zero-order chi connectivity index (χ0) is 15.4. The molecule has 3 heteroatoms. The number of halogens is 1. The van der Waals surface area contributed by atoms with Crippen LogP contribution in [0, 0.1) is 19.7 Å². The third kappa shape index (κ3) is 3.69. The highest BCUT2D eigenvalue weighted by Gasteiger charge is 2.18. The van der Waals surface area contributed by atoms with E-state index in [4.69, 9.17) is 5.73 Å². The van der Waals surface area contributed by atoms with Crippen LogP contribution in [0.1, 0.15) is 28.3 Å². The molecule has 0 fully saturated rings. The van der Waals surface area contributed by atoms with E-state index in [9.17, 15) is 4.39 Å². The normalized spacial score (nSPS) is 12.7. The van der Waals surface area contributed by atoms with Crippen molar-refractivity contribution in [2.75, 3.05) is 13.6 Å². The summed E-state index contributed by atoms with van der Waals surface area (Å²) < 4.78 is 13.8. The maximum atomic E-state index is 13.8. The molecule has 0 saturated carbocycles. The zero-order valence-corrected chi connectivity index (χ0v) is 12.9. The first-order chi connectivity index (χ1) is 10.0. The molecule has 0 aromatic heterocycles. The number of hydrogen-bond acceptors (Lipinski definition) is 2. The van der Waals surface area contributed by atoms with Crippen LogP contribution in [-0.2, 0) is 6.54 Å². The minimum Gasteiger partial charge on any atom is -0.329 e. The molecule has 1 unspecified atom stereocenters. The third-order valence-corrected chi connectivity index (χ3v) is 3.93. The van der Waals surface area contributed by atoms with Gasteiger partial charge in [0.15, 0.2) is 0 Å². The van der Waals surface area contributed by atoms with Crippen LogP contribution < -0.4 is 5.73 Å². The van der Waals surface area contributed by atoms with Crippen LogP contribution in [0.2, 0.25) is 0 Å². The highest BCUT2D eigenvalue weighted by atomic mass is 19.1. The van der Waals surface area contributed by atoms with Crippen LogP contribution in [0.3, 0.4) is 0 Å². The first-order valence-corrected chi connectivity index (χ1v) is 7.23. The molecule has 0 radical (unpaired) electrons. The maximum absolute atomic E-state index is 13.8. The van der Waals surface area contributed by atoms with E-state index in [1.54, 1.807) is 6.07 Å². The quantitative estimate of drug-likeness (QED) is 0.910.